The van der Waals surface area contributed by atoms with Crippen molar-refractivity contribution in [1.82, 2.24) is 10.3 Å². The highest BCUT2D eigenvalue weighted by Gasteiger charge is 2.15. The molecule has 7 heteroatoms. The van der Waals surface area contributed by atoms with Gasteiger partial charge in [-0.15, -0.1) is 0 Å². The maximum atomic E-state index is 12.4. The molecule has 0 unspecified atom stereocenters. The molecule has 0 saturated carbocycles. The second kappa shape index (κ2) is 9.89. The zero-order chi connectivity index (χ0) is 20.6. The molecule has 3 rings (SSSR count). The minimum atomic E-state index is -0.607. The summed E-state index contributed by atoms with van der Waals surface area (Å²) in [5.41, 5.74) is 2.01. The Morgan fingerprint density at radius 1 is 1.10 bits per heavy atom. The average molecular weight is 412 g/mol. The van der Waals surface area contributed by atoms with Crippen LogP contribution in [-0.2, 0) is 9.53 Å². The minimum absolute atomic E-state index is 0.197. The molecule has 0 spiro atoms. The first-order chi connectivity index (χ1) is 14.0. The van der Waals surface area contributed by atoms with Crippen molar-refractivity contribution in [2.45, 2.75) is 6.42 Å². The lowest BCUT2D eigenvalue weighted by Gasteiger charge is -2.19. The van der Waals surface area contributed by atoms with E-state index < -0.39 is 5.97 Å². The molecular formula is C22H22ClN3O3. The van der Waals surface area contributed by atoms with Crippen molar-refractivity contribution in [1.29, 1.82) is 0 Å². The zero-order valence-corrected chi connectivity index (χ0v) is 16.9. The maximum absolute atomic E-state index is 12.4. The molecule has 1 heterocycles. The summed E-state index contributed by atoms with van der Waals surface area (Å²) in [6.45, 7) is 0.949. The predicted octanol–water partition coefficient (Wildman–Crippen LogP) is 3.69. The van der Waals surface area contributed by atoms with E-state index in [-0.39, 0.29) is 23.2 Å². The number of hydrogen-bond acceptors (Lipinski definition) is 5. The monoisotopic (exact) mass is 411 g/mol. The molecule has 6 nitrogen and oxygen atoms in total. The van der Waals surface area contributed by atoms with E-state index in [4.69, 9.17) is 16.3 Å². The highest BCUT2D eigenvalue weighted by atomic mass is 35.5. The maximum Gasteiger partial charge on any atom is 0.339 e. The van der Waals surface area contributed by atoms with Gasteiger partial charge in [0.15, 0.2) is 6.61 Å². The van der Waals surface area contributed by atoms with Crippen LogP contribution in [0.1, 0.15) is 16.8 Å². The molecule has 0 fully saturated rings. The number of aromatic nitrogens is 1. The highest BCUT2D eigenvalue weighted by Crippen LogP contribution is 2.21. The van der Waals surface area contributed by atoms with Crippen LogP contribution in [0.15, 0.2) is 60.7 Å². The fourth-order valence-electron chi connectivity index (χ4n) is 2.93. The molecule has 0 bridgehead atoms. The van der Waals surface area contributed by atoms with Gasteiger partial charge in [0, 0.05) is 31.2 Å². The van der Waals surface area contributed by atoms with Crippen LogP contribution in [0.4, 0.5) is 5.69 Å². The second-order valence-electron chi connectivity index (χ2n) is 6.55. The fourth-order valence-corrected chi connectivity index (χ4v) is 3.13. The van der Waals surface area contributed by atoms with E-state index >= 15 is 0 Å². The van der Waals surface area contributed by atoms with Crippen molar-refractivity contribution in [2.75, 3.05) is 31.6 Å². The molecular weight excluding hydrogens is 390 g/mol. The van der Waals surface area contributed by atoms with Gasteiger partial charge in [-0.3, -0.25) is 4.79 Å². The standard InChI is InChI=1S/C22H22ClN3O3/c1-26(16-8-3-2-4-9-16)13-7-12-24-21(27)15-29-22(28)18-14-20(23)25-19-11-6-5-10-17(18)19/h2-6,8-11,14H,7,12-13,15H2,1H3,(H,24,27). The molecule has 1 N–H and O–H groups in total. The molecule has 0 atom stereocenters. The van der Waals surface area contributed by atoms with Gasteiger partial charge in [-0.05, 0) is 30.7 Å². The summed E-state index contributed by atoms with van der Waals surface area (Å²) < 4.78 is 5.15. The third-order valence-electron chi connectivity index (χ3n) is 4.43. The van der Waals surface area contributed by atoms with Crippen LogP contribution in [-0.4, -0.2) is 43.6 Å². The van der Waals surface area contributed by atoms with Gasteiger partial charge >= 0.3 is 5.97 Å². The number of rotatable bonds is 8. The highest BCUT2D eigenvalue weighted by molar-refractivity contribution is 6.30. The number of fused-ring (bicyclic) bond motifs is 1. The number of amides is 1. The van der Waals surface area contributed by atoms with E-state index in [2.05, 4.69) is 15.2 Å². The van der Waals surface area contributed by atoms with Gasteiger partial charge in [0.25, 0.3) is 5.91 Å². The summed E-state index contributed by atoms with van der Waals surface area (Å²) >= 11 is 5.98. The van der Waals surface area contributed by atoms with Gasteiger partial charge < -0.3 is 15.0 Å². The number of nitrogens with zero attached hydrogens (tertiary/aromatic N) is 2. The molecule has 1 amide bonds. The molecule has 0 aliphatic heterocycles. The normalized spacial score (nSPS) is 10.6. The van der Waals surface area contributed by atoms with E-state index in [1.54, 1.807) is 18.2 Å². The Morgan fingerprint density at radius 2 is 1.83 bits per heavy atom. The molecule has 0 aliphatic carbocycles. The minimum Gasteiger partial charge on any atom is -0.452 e. The Morgan fingerprint density at radius 3 is 2.62 bits per heavy atom. The smallest absolute Gasteiger partial charge is 0.339 e. The number of nitrogens with one attached hydrogen (secondary N) is 1. The Bertz CT molecular complexity index is 995. The van der Waals surface area contributed by atoms with Crippen LogP contribution in [0.5, 0.6) is 0 Å². The van der Waals surface area contributed by atoms with E-state index in [1.165, 1.54) is 6.07 Å². The quantitative estimate of drug-likeness (QED) is 0.348. The molecule has 29 heavy (non-hydrogen) atoms. The Labute approximate surface area is 174 Å². The van der Waals surface area contributed by atoms with Crippen molar-refractivity contribution in [3.8, 4) is 0 Å². The largest absolute Gasteiger partial charge is 0.452 e. The summed E-state index contributed by atoms with van der Waals surface area (Å²) in [5, 5.41) is 3.59. The van der Waals surface area contributed by atoms with E-state index in [0.717, 1.165) is 18.7 Å². The Hall–Kier alpha value is -3.12. The molecule has 3 aromatic rings. The molecule has 0 saturated heterocycles. The van der Waals surface area contributed by atoms with Gasteiger partial charge in [-0.1, -0.05) is 48.0 Å². The summed E-state index contributed by atoms with van der Waals surface area (Å²) in [4.78, 5) is 30.7. The number of para-hydroxylation sites is 2. The van der Waals surface area contributed by atoms with E-state index in [1.807, 2.05) is 43.4 Å². The average Bonchev–Trinajstić information content (AvgIpc) is 2.74. The number of carbonyl (C=O) groups excluding carboxylic acids is 2. The third-order valence-corrected chi connectivity index (χ3v) is 4.62. The van der Waals surface area contributed by atoms with Crippen LogP contribution in [0.3, 0.4) is 0 Å². The predicted molar refractivity (Wildman–Crippen MR) is 114 cm³/mol. The molecule has 2 aromatic carbocycles. The van der Waals surface area contributed by atoms with Crippen LogP contribution >= 0.6 is 11.6 Å². The first-order valence-electron chi connectivity index (χ1n) is 9.30. The van der Waals surface area contributed by atoms with Crippen molar-refractivity contribution in [3.05, 3.63) is 71.4 Å². The fraction of sp³-hybridized carbons (Fsp3) is 0.227. The number of anilines is 1. The van der Waals surface area contributed by atoms with Gasteiger partial charge in [-0.25, -0.2) is 9.78 Å². The van der Waals surface area contributed by atoms with E-state index in [9.17, 15) is 9.59 Å². The third kappa shape index (κ3) is 5.68. The van der Waals surface area contributed by atoms with Gasteiger partial charge in [0.05, 0.1) is 11.1 Å². The Balaban J connectivity index is 1.44. The summed E-state index contributed by atoms with van der Waals surface area (Å²) in [7, 11) is 2.00. The number of ether oxygens (including phenoxy) is 1. The Kier molecular flexibility index (Phi) is 7.03. The van der Waals surface area contributed by atoms with Crippen LogP contribution in [0.2, 0.25) is 5.15 Å². The van der Waals surface area contributed by atoms with Crippen LogP contribution in [0, 0.1) is 0 Å². The van der Waals surface area contributed by atoms with Gasteiger partial charge in [0.1, 0.15) is 5.15 Å². The number of halogens is 1. The first kappa shape index (κ1) is 20.6. The molecule has 1 aromatic heterocycles. The molecule has 0 radical (unpaired) electrons. The zero-order valence-electron chi connectivity index (χ0n) is 16.1. The number of benzene rings is 2. The first-order valence-corrected chi connectivity index (χ1v) is 9.67. The van der Waals surface area contributed by atoms with E-state index in [0.29, 0.717) is 17.4 Å². The van der Waals surface area contributed by atoms with Crippen molar-refractivity contribution in [2.24, 2.45) is 0 Å². The van der Waals surface area contributed by atoms with Crippen molar-refractivity contribution >= 4 is 40.1 Å². The van der Waals surface area contributed by atoms with Crippen molar-refractivity contribution in [3.63, 3.8) is 0 Å². The van der Waals surface area contributed by atoms with Gasteiger partial charge in [-0.2, -0.15) is 0 Å². The van der Waals surface area contributed by atoms with Crippen LogP contribution < -0.4 is 10.2 Å². The number of hydrogen-bond donors (Lipinski definition) is 1. The SMILES string of the molecule is CN(CCCNC(=O)COC(=O)c1cc(Cl)nc2ccccc12)c1ccccc1. The number of carbonyl (C=O) groups is 2. The lowest BCUT2D eigenvalue weighted by molar-refractivity contribution is -0.124. The molecule has 0 aliphatic rings. The lowest BCUT2D eigenvalue weighted by Crippen LogP contribution is -2.31. The molecule has 150 valence electrons. The lowest BCUT2D eigenvalue weighted by atomic mass is 10.1. The number of esters is 1. The second-order valence-corrected chi connectivity index (χ2v) is 6.93. The topological polar surface area (TPSA) is 71.5 Å². The van der Waals surface area contributed by atoms with Crippen molar-refractivity contribution < 1.29 is 14.3 Å². The summed E-state index contributed by atoms with van der Waals surface area (Å²) in [5.74, 6) is -0.949. The summed E-state index contributed by atoms with van der Waals surface area (Å²) in [6.07, 6.45) is 0.773. The van der Waals surface area contributed by atoms with Gasteiger partial charge in [0.2, 0.25) is 0 Å². The number of pyridine rings is 1. The summed E-state index contributed by atoms with van der Waals surface area (Å²) in [6, 6.07) is 18.6. The van der Waals surface area contributed by atoms with Crippen LogP contribution in [0.25, 0.3) is 10.9 Å².